The van der Waals surface area contributed by atoms with Gasteiger partial charge in [0.2, 0.25) is 0 Å². The molecule has 0 spiro atoms. The first-order valence-electron chi connectivity index (χ1n) is 5.61. The molecule has 1 heterocycles. The van der Waals surface area contributed by atoms with E-state index in [4.69, 9.17) is 5.11 Å². The van der Waals surface area contributed by atoms with E-state index in [-0.39, 0.29) is 12.6 Å². The number of aliphatic carboxylic acids is 1. The first kappa shape index (κ1) is 14.0. The topological polar surface area (TPSA) is 82.5 Å². The van der Waals surface area contributed by atoms with Crippen LogP contribution in [0.2, 0.25) is 0 Å². The number of nitrogens with one attached hydrogen (secondary N) is 1. The molecular formula is C12H17N3O3. The average molecular weight is 251 g/mol. The Bertz CT molecular complexity index is 408. The minimum Gasteiger partial charge on any atom is -0.481 e. The fourth-order valence-electron chi connectivity index (χ4n) is 1.30. The number of urea groups is 1. The maximum absolute atomic E-state index is 11.7. The van der Waals surface area contributed by atoms with Crippen LogP contribution in [-0.2, 0) is 11.3 Å². The van der Waals surface area contributed by atoms with Crippen LogP contribution >= 0.6 is 0 Å². The van der Waals surface area contributed by atoms with Gasteiger partial charge in [-0.15, -0.1) is 0 Å². The predicted molar refractivity (Wildman–Crippen MR) is 65.9 cm³/mol. The number of rotatable bonds is 5. The van der Waals surface area contributed by atoms with E-state index in [2.05, 4.69) is 10.3 Å². The molecule has 0 aliphatic carbocycles. The Morgan fingerprint density at radius 1 is 1.56 bits per heavy atom. The van der Waals surface area contributed by atoms with Crippen molar-refractivity contribution in [1.29, 1.82) is 0 Å². The maximum atomic E-state index is 11.7. The highest BCUT2D eigenvalue weighted by molar-refractivity contribution is 5.75. The van der Waals surface area contributed by atoms with Gasteiger partial charge in [-0.2, -0.15) is 0 Å². The summed E-state index contributed by atoms with van der Waals surface area (Å²) < 4.78 is 0. The van der Waals surface area contributed by atoms with E-state index in [0.29, 0.717) is 6.54 Å². The quantitative estimate of drug-likeness (QED) is 0.816. The van der Waals surface area contributed by atoms with Crippen LogP contribution < -0.4 is 5.32 Å². The van der Waals surface area contributed by atoms with Crippen LogP contribution in [-0.4, -0.2) is 40.6 Å². The van der Waals surface area contributed by atoms with E-state index in [1.54, 1.807) is 32.4 Å². The number of carboxylic acids is 1. The number of carboxylic acid groups (broad SMARTS) is 1. The summed E-state index contributed by atoms with van der Waals surface area (Å²) in [5, 5.41) is 11.3. The molecule has 0 fully saturated rings. The molecule has 6 nitrogen and oxygen atoms in total. The minimum atomic E-state index is -0.926. The molecule has 0 radical (unpaired) electrons. The van der Waals surface area contributed by atoms with Crippen LogP contribution in [0.15, 0.2) is 24.5 Å². The van der Waals surface area contributed by atoms with Crippen molar-refractivity contribution in [3.63, 3.8) is 0 Å². The average Bonchev–Trinajstić information content (AvgIpc) is 2.36. The van der Waals surface area contributed by atoms with Gasteiger partial charge in [-0.25, -0.2) is 4.79 Å². The van der Waals surface area contributed by atoms with Gasteiger partial charge in [0.05, 0.1) is 5.92 Å². The SMILES string of the molecule is CC(CNC(=O)N(C)Cc1cccnc1)C(=O)O. The van der Waals surface area contributed by atoms with E-state index >= 15 is 0 Å². The lowest BCUT2D eigenvalue weighted by Crippen LogP contribution is -2.40. The molecule has 1 aromatic rings. The summed E-state index contributed by atoms with van der Waals surface area (Å²) in [6, 6.07) is 3.37. The second-order valence-electron chi connectivity index (χ2n) is 4.14. The lowest BCUT2D eigenvalue weighted by atomic mass is 10.2. The Balaban J connectivity index is 2.40. The van der Waals surface area contributed by atoms with Crippen LogP contribution in [0.25, 0.3) is 0 Å². The molecule has 98 valence electrons. The number of aromatic nitrogens is 1. The van der Waals surface area contributed by atoms with E-state index in [1.807, 2.05) is 6.07 Å². The number of hydrogen-bond acceptors (Lipinski definition) is 3. The lowest BCUT2D eigenvalue weighted by Gasteiger charge is -2.18. The number of pyridine rings is 1. The maximum Gasteiger partial charge on any atom is 0.317 e. The Kier molecular flexibility index (Phi) is 5.10. The molecule has 0 saturated carbocycles. The summed E-state index contributed by atoms with van der Waals surface area (Å²) in [6.45, 7) is 2.09. The number of hydrogen-bond donors (Lipinski definition) is 2. The molecule has 1 aromatic heterocycles. The molecule has 0 aliphatic heterocycles. The molecule has 6 heteroatoms. The standard InChI is InChI=1S/C12H17N3O3/c1-9(11(16)17)6-14-12(18)15(2)8-10-4-3-5-13-7-10/h3-5,7,9H,6,8H2,1-2H3,(H,14,18)(H,16,17). The van der Waals surface area contributed by atoms with Crippen LogP contribution in [0.5, 0.6) is 0 Å². The van der Waals surface area contributed by atoms with Gasteiger partial charge in [-0.05, 0) is 11.6 Å². The Morgan fingerprint density at radius 3 is 2.83 bits per heavy atom. The third-order valence-electron chi connectivity index (χ3n) is 2.47. The molecule has 0 aromatic carbocycles. The van der Waals surface area contributed by atoms with Gasteiger partial charge in [0.25, 0.3) is 0 Å². The molecule has 0 saturated heterocycles. The molecule has 1 rings (SSSR count). The molecule has 0 aliphatic rings. The fourth-order valence-corrected chi connectivity index (χ4v) is 1.30. The largest absolute Gasteiger partial charge is 0.481 e. The molecular weight excluding hydrogens is 234 g/mol. The third-order valence-corrected chi connectivity index (χ3v) is 2.47. The zero-order valence-electron chi connectivity index (χ0n) is 10.5. The smallest absolute Gasteiger partial charge is 0.317 e. The van der Waals surface area contributed by atoms with Crippen molar-refractivity contribution < 1.29 is 14.7 Å². The van der Waals surface area contributed by atoms with Crippen LogP contribution in [0.1, 0.15) is 12.5 Å². The lowest BCUT2D eigenvalue weighted by molar-refractivity contribution is -0.140. The van der Waals surface area contributed by atoms with Gasteiger partial charge in [-0.3, -0.25) is 9.78 Å². The summed E-state index contributed by atoms with van der Waals surface area (Å²) in [5.74, 6) is -1.52. The molecule has 1 atom stereocenters. The Labute approximate surface area is 106 Å². The van der Waals surface area contributed by atoms with Crippen molar-refractivity contribution in [3.05, 3.63) is 30.1 Å². The van der Waals surface area contributed by atoms with E-state index in [0.717, 1.165) is 5.56 Å². The van der Waals surface area contributed by atoms with Crippen molar-refractivity contribution in [2.75, 3.05) is 13.6 Å². The van der Waals surface area contributed by atoms with Gasteiger partial charge in [0, 0.05) is 32.5 Å². The van der Waals surface area contributed by atoms with Crippen molar-refractivity contribution in [2.24, 2.45) is 5.92 Å². The summed E-state index contributed by atoms with van der Waals surface area (Å²) in [7, 11) is 1.65. The van der Waals surface area contributed by atoms with Crippen LogP contribution in [0.4, 0.5) is 4.79 Å². The summed E-state index contributed by atoms with van der Waals surface area (Å²) >= 11 is 0. The fraction of sp³-hybridized carbons (Fsp3) is 0.417. The van der Waals surface area contributed by atoms with E-state index in [1.165, 1.54) is 4.90 Å². The second kappa shape index (κ2) is 6.58. The first-order chi connectivity index (χ1) is 8.50. The zero-order valence-corrected chi connectivity index (χ0v) is 10.5. The van der Waals surface area contributed by atoms with Gasteiger partial charge in [0.1, 0.15) is 0 Å². The van der Waals surface area contributed by atoms with E-state index in [9.17, 15) is 9.59 Å². The third kappa shape index (κ3) is 4.40. The molecule has 1 unspecified atom stereocenters. The molecule has 18 heavy (non-hydrogen) atoms. The van der Waals surface area contributed by atoms with Crippen LogP contribution in [0, 0.1) is 5.92 Å². The summed E-state index contributed by atoms with van der Waals surface area (Å²) in [4.78, 5) is 27.7. The predicted octanol–water partition coefficient (Wildman–Crippen LogP) is 0.944. The Morgan fingerprint density at radius 2 is 2.28 bits per heavy atom. The highest BCUT2D eigenvalue weighted by atomic mass is 16.4. The van der Waals surface area contributed by atoms with Crippen molar-refractivity contribution in [2.45, 2.75) is 13.5 Å². The number of carbonyl (C=O) groups excluding carboxylic acids is 1. The number of amides is 2. The minimum absolute atomic E-state index is 0.117. The normalized spacial score (nSPS) is 11.7. The summed E-state index contributed by atoms with van der Waals surface area (Å²) in [6.07, 6.45) is 3.35. The van der Waals surface area contributed by atoms with Crippen molar-refractivity contribution in [1.82, 2.24) is 15.2 Å². The Hall–Kier alpha value is -2.11. The molecule has 2 N–H and O–H groups in total. The first-order valence-corrected chi connectivity index (χ1v) is 5.61. The number of nitrogens with zero attached hydrogens (tertiary/aromatic N) is 2. The van der Waals surface area contributed by atoms with Gasteiger partial charge in [0.15, 0.2) is 0 Å². The highest BCUT2D eigenvalue weighted by Crippen LogP contribution is 2.01. The monoisotopic (exact) mass is 251 g/mol. The van der Waals surface area contributed by atoms with E-state index < -0.39 is 11.9 Å². The second-order valence-corrected chi connectivity index (χ2v) is 4.14. The molecule has 2 amide bonds. The zero-order chi connectivity index (χ0) is 13.5. The highest BCUT2D eigenvalue weighted by Gasteiger charge is 2.14. The number of carbonyl (C=O) groups is 2. The van der Waals surface area contributed by atoms with Gasteiger partial charge >= 0.3 is 12.0 Å². The van der Waals surface area contributed by atoms with Gasteiger partial charge < -0.3 is 15.3 Å². The van der Waals surface area contributed by atoms with Crippen molar-refractivity contribution >= 4 is 12.0 Å². The van der Waals surface area contributed by atoms with Crippen LogP contribution in [0.3, 0.4) is 0 Å². The molecule has 0 bridgehead atoms. The van der Waals surface area contributed by atoms with Crippen molar-refractivity contribution in [3.8, 4) is 0 Å². The summed E-state index contributed by atoms with van der Waals surface area (Å²) in [5.41, 5.74) is 0.918. The van der Waals surface area contributed by atoms with Gasteiger partial charge in [-0.1, -0.05) is 13.0 Å².